The van der Waals surface area contributed by atoms with Gasteiger partial charge in [-0.15, -0.1) is 0 Å². The van der Waals surface area contributed by atoms with Gasteiger partial charge in [0.05, 0.1) is 6.54 Å². The van der Waals surface area contributed by atoms with Gasteiger partial charge < -0.3 is 14.4 Å². The Balaban J connectivity index is 1.41. The monoisotopic (exact) mass is 469 g/mol. The van der Waals surface area contributed by atoms with E-state index < -0.39 is 0 Å². The van der Waals surface area contributed by atoms with Crippen molar-refractivity contribution >= 4 is 34.8 Å². The van der Waals surface area contributed by atoms with Crippen molar-refractivity contribution < 1.29 is 9.59 Å². The van der Waals surface area contributed by atoms with Gasteiger partial charge >= 0.3 is 0 Å². The summed E-state index contributed by atoms with van der Waals surface area (Å²) in [5, 5.41) is 0.599. The Morgan fingerprint density at radius 2 is 1.68 bits per heavy atom. The molecule has 0 N–H and O–H groups in total. The lowest BCUT2D eigenvalue weighted by atomic mass is 10.1. The molecule has 5 rings (SSSR count). The molecular formula is C28H24ClN3O2. The molecule has 1 aliphatic rings. The molecule has 0 unspecified atom stereocenters. The van der Waals surface area contributed by atoms with E-state index in [1.807, 2.05) is 54.4 Å². The number of aromatic nitrogens is 1. The zero-order valence-corrected chi connectivity index (χ0v) is 19.8. The highest BCUT2D eigenvalue weighted by atomic mass is 35.5. The summed E-state index contributed by atoms with van der Waals surface area (Å²) in [4.78, 5) is 30.0. The number of aryl methyl sites for hydroxylation is 1. The fourth-order valence-electron chi connectivity index (χ4n) is 4.42. The fraction of sp³-hybridized carbons (Fsp3) is 0.143. The van der Waals surface area contributed by atoms with Crippen LogP contribution < -0.4 is 9.80 Å². The van der Waals surface area contributed by atoms with Gasteiger partial charge in [0, 0.05) is 53.0 Å². The number of carbonyl (C=O) groups is 2. The standard InChI is InChI=1S/C28H24ClN3O2/c1-19-16-22(29)11-14-25(19)28(34)30(2)23-12-9-20(10-13-23)27(33)32-18-24-7-5-15-31(24)17-21-6-3-4-8-26(21)32/h3-16H,17-18H2,1-2H3. The van der Waals surface area contributed by atoms with Gasteiger partial charge in [-0.3, -0.25) is 9.59 Å². The van der Waals surface area contributed by atoms with Crippen molar-refractivity contribution in [1.82, 2.24) is 4.57 Å². The van der Waals surface area contributed by atoms with E-state index in [-0.39, 0.29) is 11.8 Å². The molecule has 0 atom stereocenters. The number of fused-ring (bicyclic) bond motifs is 2. The molecule has 0 bridgehead atoms. The number of halogens is 1. The van der Waals surface area contributed by atoms with Gasteiger partial charge in [0.25, 0.3) is 11.8 Å². The van der Waals surface area contributed by atoms with E-state index in [1.54, 1.807) is 42.3 Å². The van der Waals surface area contributed by atoms with Gasteiger partial charge in [-0.1, -0.05) is 29.8 Å². The zero-order valence-electron chi connectivity index (χ0n) is 19.0. The van der Waals surface area contributed by atoms with Crippen molar-refractivity contribution in [1.29, 1.82) is 0 Å². The SMILES string of the molecule is Cc1cc(Cl)ccc1C(=O)N(C)c1ccc(C(=O)N2Cc3cccn3Cc3ccccc32)cc1. The third-order valence-electron chi connectivity index (χ3n) is 6.34. The summed E-state index contributed by atoms with van der Waals surface area (Å²) < 4.78 is 2.18. The van der Waals surface area contributed by atoms with E-state index in [0.29, 0.717) is 28.4 Å². The van der Waals surface area contributed by atoms with Crippen LogP contribution in [-0.2, 0) is 13.1 Å². The maximum atomic E-state index is 13.6. The van der Waals surface area contributed by atoms with E-state index in [2.05, 4.69) is 16.7 Å². The molecule has 170 valence electrons. The Labute approximate surface area is 203 Å². The van der Waals surface area contributed by atoms with E-state index in [9.17, 15) is 9.59 Å². The number of benzene rings is 3. The highest BCUT2D eigenvalue weighted by molar-refractivity contribution is 6.30. The van der Waals surface area contributed by atoms with E-state index in [4.69, 9.17) is 11.6 Å². The molecule has 0 saturated heterocycles. The summed E-state index contributed by atoms with van der Waals surface area (Å²) in [6.07, 6.45) is 2.05. The van der Waals surface area contributed by atoms with Crippen molar-refractivity contribution in [2.75, 3.05) is 16.8 Å². The van der Waals surface area contributed by atoms with Gasteiger partial charge in [0.15, 0.2) is 0 Å². The number of nitrogens with zero attached hydrogens (tertiary/aromatic N) is 3. The Kier molecular flexibility index (Phi) is 5.72. The molecule has 3 aromatic carbocycles. The van der Waals surface area contributed by atoms with Gasteiger partial charge in [-0.05, 0) is 78.7 Å². The summed E-state index contributed by atoms with van der Waals surface area (Å²) in [5.74, 6) is -0.202. The average molecular weight is 470 g/mol. The number of carbonyl (C=O) groups excluding carboxylic acids is 2. The fourth-order valence-corrected chi connectivity index (χ4v) is 4.64. The van der Waals surface area contributed by atoms with Gasteiger partial charge in [-0.25, -0.2) is 0 Å². The van der Waals surface area contributed by atoms with Crippen molar-refractivity contribution in [3.8, 4) is 0 Å². The van der Waals surface area contributed by atoms with Crippen LogP contribution in [-0.4, -0.2) is 23.4 Å². The highest BCUT2D eigenvalue weighted by Gasteiger charge is 2.25. The molecule has 2 heterocycles. The number of anilines is 2. The first kappa shape index (κ1) is 22.0. The molecule has 1 aromatic heterocycles. The van der Waals surface area contributed by atoms with Crippen LogP contribution in [0.15, 0.2) is 85.1 Å². The number of amides is 2. The molecule has 34 heavy (non-hydrogen) atoms. The summed E-state index contributed by atoms with van der Waals surface area (Å²) in [6, 6.07) is 24.5. The van der Waals surface area contributed by atoms with Gasteiger partial charge in [-0.2, -0.15) is 0 Å². The summed E-state index contributed by atoms with van der Waals surface area (Å²) in [6.45, 7) is 3.10. The predicted octanol–water partition coefficient (Wildman–Crippen LogP) is 5.94. The van der Waals surface area contributed by atoms with Crippen LogP contribution in [0, 0.1) is 6.92 Å². The lowest BCUT2D eigenvalue weighted by Crippen LogP contribution is -2.31. The summed E-state index contributed by atoms with van der Waals surface area (Å²) >= 11 is 6.03. The van der Waals surface area contributed by atoms with E-state index in [1.165, 1.54) is 0 Å². The number of hydrogen-bond donors (Lipinski definition) is 0. The van der Waals surface area contributed by atoms with Crippen LogP contribution in [0.1, 0.15) is 37.5 Å². The second-order valence-electron chi connectivity index (χ2n) is 8.52. The first-order valence-corrected chi connectivity index (χ1v) is 11.5. The number of para-hydroxylation sites is 1. The quantitative estimate of drug-likeness (QED) is 0.373. The molecule has 0 spiro atoms. The van der Waals surface area contributed by atoms with Crippen LogP contribution in [0.4, 0.5) is 11.4 Å². The smallest absolute Gasteiger partial charge is 0.258 e. The van der Waals surface area contributed by atoms with Crippen molar-refractivity contribution in [2.24, 2.45) is 0 Å². The van der Waals surface area contributed by atoms with Crippen molar-refractivity contribution in [2.45, 2.75) is 20.0 Å². The third-order valence-corrected chi connectivity index (χ3v) is 6.57. The van der Waals surface area contributed by atoms with Crippen LogP contribution in [0.25, 0.3) is 0 Å². The van der Waals surface area contributed by atoms with Crippen LogP contribution in [0.5, 0.6) is 0 Å². The zero-order chi connectivity index (χ0) is 23.8. The predicted molar refractivity (Wildman–Crippen MR) is 136 cm³/mol. The lowest BCUT2D eigenvalue weighted by molar-refractivity contribution is 0.0981. The number of rotatable bonds is 3. The van der Waals surface area contributed by atoms with Crippen molar-refractivity contribution in [3.05, 3.63) is 118 Å². The summed E-state index contributed by atoms with van der Waals surface area (Å²) in [5.41, 5.74) is 5.81. The Morgan fingerprint density at radius 1 is 0.912 bits per heavy atom. The van der Waals surface area contributed by atoms with Crippen LogP contribution >= 0.6 is 11.6 Å². The van der Waals surface area contributed by atoms with E-state index >= 15 is 0 Å². The van der Waals surface area contributed by atoms with Crippen molar-refractivity contribution in [3.63, 3.8) is 0 Å². The minimum absolute atomic E-state index is 0.0730. The Bertz CT molecular complexity index is 1390. The average Bonchev–Trinajstić information content (AvgIpc) is 3.22. The Hall–Kier alpha value is -3.83. The normalized spacial score (nSPS) is 12.5. The minimum atomic E-state index is -0.129. The van der Waals surface area contributed by atoms with Gasteiger partial charge in [0.1, 0.15) is 0 Å². The molecule has 1 aliphatic heterocycles. The minimum Gasteiger partial charge on any atom is -0.345 e. The molecule has 0 saturated carbocycles. The molecule has 4 aromatic rings. The second-order valence-corrected chi connectivity index (χ2v) is 8.95. The Morgan fingerprint density at radius 3 is 2.44 bits per heavy atom. The first-order valence-electron chi connectivity index (χ1n) is 11.1. The maximum Gasteiger partial charge on any atom is 0.258 e. The molecular weight excluding hydrogens is 446 g/mol. The number of hydrogen-bond acceptors (Lipinski definition) is 2. The van der Waals surface area contributed by atoms with Gasteiger partial charge in [0.2, 0.25) is 0 Å². The highest BCUT2D eigenvalue weighted by Crippen LogP contribution is 2.29. The third kappa shape index (κ3) is 3.99. The molecule has 0 aliphatic carbocycles. The van der Waals surface area contributed by atoms with Crippen LogP contribution in [0.3, 0.4) is 0 Å². The lowest BCUT2D eigenvalue weighted by Gasteiger charge is -2.23. The second kappa shape index (κ2) is 8.84. The van der Waals surface area contributed by atoms with Crippen LogP contribution in [0.2, 0.25) is 5.02 Å². The topological polar surface area (TPSA) is 45.6 Å². The molecule has 0 fully saturated rings. The first-order chi connectivity index (χ1) is 16.4. The summed E-state index contributed by atoms with van der Waals surface area (Å²) in [7, 11) is 1.73. The maximum absolute atomic E-state index is 13.6. The van der Waals surface area contributed by atoms with E-state index in [0.717, 1.165) is 29.1 Å². The molecule has 5 nitrogen and oxygen atoms in total. The molecule has 0 radical (unpaired) electrons. The molecule has 2 amide bonds. The largest absolute Gasteiger partial charge is 0.345 e. The molecule has 6 heteroatoms.